The molecule has 5 heterocycles. The fourth-order valence-corrected chi connectivity index (χ4v) is 8.72. The highest BCUT2D eigenvalue weighted by molar-refractivity contribution is 9.10. The topological polar surface area (TPSA) is 118 Å². The largest absolute Gasteiger partial charge is 0.349 e. The van der Waals surface area contributed by atoms with E-state index >= 15 is 0 Å². The van der Waals surface area contributed by atoms with E-state index in [9.17, 15) is 19.5 Å². The minimum Gasteiger partial charge on any atom is -0.349 e. The van der Waals surface area contributed by atoms with Crippen LogP contribution in [0.1, 0.15) is 58.1 Å². The maximum Gasteiger partial charge on any atom is 0.281 e. The molecule has 1 unspecified atom stereocenters. The quantitative estimate of drug-likeness (QED) is 0.456. The molecule has 0 radical (unpaired) electrons. The number of benzene rings is 1. The summed E-state index contributed by atoms with van der Waals surface area (Å²) in [6.07, 6.45) is 4.49. The van der Waals surface area contributed by atoms with Crippen LogP contribution < -0.4 is 5.32 Å². The molecule has 11 heteroatoms. The molecule has 3 fully saturated rings. The number of H-pyrrole nitrogens is 1. The Kier molecular flexibility index (Phi) is 6.67. The van der Waals surface area contributed by atoms with E-state index in [0.29, 0.717) is 25.9 Å². The number of aromatic amines is 1. The first-order valence-corrected chi connectivity index (χ1v) is 16.3. The predicted molar refractivity (Wildman–Crippen MR) is 164 cm³/mol. The molecule has 3 amide bonds. The van der Waals surface area contributed by atoms with E-state index in [2.05, 4.69) is 43.3 Å². The number of hydrogen-bond donors (Lipinski definition) is 3. The summed E-state index contributed by atoms with van der Waals surface area (Å²) in [5.41, 5.74) is 2.68. The van der Waals surface area contributed by atoms with Crippen molar-refractivity contribution < 1.29 is 24.2 Å². The SMILES string of the molecule is CC(C)C[C@H]1C(=O)N2CCCC2[C@]2(O)O[C@](NC(=O)[C@@H]3C=C4c5cccc6[nH]c(Br)c(c56)C[C@@H]4N(C)C3)(C(C)C)C(=O)N12. The van der Waals surface area contributed by atoms with Gasteiger partial charge in [-0.15, -0.1) is 0 Å². The van der Waals surface area contributed by atoms with Crippen LogP contribution in [0.5, 0.6) is 0 Å². The van der Waals surface area contributed by atoms with Gasteiger partial charge in [-0.2, -0.15) is 0 Å². The molecule has 230 valence electrons. The molecule has 6 atom stereocenters. The minimum atomic E-state index is -2.01. The number of likely N-dealkylation sites (N-methyl/N-ethyl adjacent to an activating group) is 1. The van der Waals surface area contributed by atoms with Crippen LogP contribution in [0.3, 0.4) is 0 Å². The van der Waals surface area contributed by atoms with Crippen molar-refractivity contribution in [3.63, 3.8) is 0 Å². The molecule has 1 aromatic carbocycles. The first kappa shape index (κ1) is 29.0. The fraction of sp³-hybridized carbons (Fsp3) is 0.594. The van der Waals surface area contributed by atoms with Gasteiger partial charge in [0.05, 0.1) is 10.5 Å². The van der Waals surface area contributed by atoms with E-state index in [4.69, 9.17) is 4.74 Å². The number of piperazine rings is 1. The maximum atomic E-state index is 14.4. The highest BCUT2D eigenvalue weighted by atomic mass is 79.9. The van der Waals surface area contributed by atoms with Crippen molar-refractivity contribution in [1.29, 1.82) is 0 Å². The van der Waals surface area contributed by atoms with E-state index in [1.165, 1.54) is 15.8 Å². The molecular weight excluding hydrogens is 614 g/mol. The molecule has 10 nitrogen and oxygen atoms in total. The Morgan fingerprint density at radius 3 is 2.74 bits per heavy atom. The molecule has 0 spiro atoms. The molecule has 0 bridgehead atoms. The summed E-state index contributed by atoms with van der Waals surface area (Å²) in [6.45, 7) is 8.57. The summed E-state index contributed by atoms with van der Waals surface area (Å²) < 4.78 is 7.43. The third kappa shape index (κ3) is 4.04. The van der Waals surface area contributed by atoms with Gasteiger partial charge in [-0.1, -0.05) is 45.9 Å². The maximum absolute atomic E-state index is 14.4. The van der Waals surface area contributed by atoms with Gasteiger partial charge in [0.2, 0.25) is 17.5 Å². The smallest absolute Gasteiger partial charge is 0.281 e. The molecular formula is C32H40BrN5O5. The zero-order valence-corrected chi connectivity index (χ0v) is 26.9. The van der Waals surface area contributed by atoms with Crippen molar-refractivity contribution in [2.75, 3.05) is 20.1 Å². The Labute approximate surface area is 259 Å². The van der Waals surface area contributed by atoms with Crippen molar-refractivity contribution >= 4 is 50.1 Å². The van der Waals surface area contributed by atoms with Crippen LogP contribution in [0, 0.1) is 17.8 Å². The average Bonchev–Trinajstić information content (AvgIpc) is 3.63. The van der Waals surface area contributed by atoms with Crippen LogP contribution in [0.15, 0.2) is 28.9 Å². The second kappa shape index (κ2) is 9.89. The number of fused-ring (bicyclic) bond motifs is 5. The van der Waals surface area contributed by atoms with E-state index in [1.54, 1.807) is 18.7 Å². The lowest BCUT2D eigenvalue weighted by molar-refractivity contribution is -0.322. The van der Waals surface area contributed by atoms with Gasteiger partial charge < -0.3 is 20.3 Å². The molecule has 4 aliphatic heterocycles. The van der Waals surface area contributed by atoms with Gasteiger partial charge in [-0.3, -0.25) is 28.9 Å². The van der Waals surface area contributed by atoms with Crippen LogP contribution in [-0.2, 0) is 25.5 Å². The van der Waals surface area contributed by atoms with E-state index in [-0.39, 0.29) is 23.8 Å². The van der Waals surface area contributed by atoms with Crippen molar-refractivity contribution in [3.05, 3.63) is 40.0 Å². The lowest BCUT2D eigenvalue weighted by Gasteiger charge is -2.49. The van der Waals surface area contributed by atoms with Crippen molar-refractivity contribution in [2.24, 2.45) is 17.8 Å². The van der Waals surface area contributed by atoms with Gasteiger partial charge in [-0.25, -0.2) is 0 Å². The Morgan fingerprint density at radius 2 is 2.02 bits per heavy atom. The number of ether oxygens (including phenoxy) is 1. The monoisotopic (exact) mass is 653 g/mol. The van der Waals surface area contributed by atoms with Crippen LogP contribution in [0.25, 0.3) is 16.5 Å². The molecule has 3 saturated heterocycles. The first-order chi connectivity index (χ1) is 20.4. The molecule has 3 N–H and O–H groups in total. The number of halogens is 1. The predicted octanol–water partition coefficient (Wildman–Crippen LogP) is 3.19. The number of nitrogens with zero attached hydrogens (tertiary/aromatic N) is 3. The molecule has 7 rings (SSSR count). The summed E-state index contributed by atoms with van der Waals surface area (Å²) in [7, 11) is 2.03. The number of aromatic nitrogens is 1. The fourth-order valence-electron chi connectivity index (χ4n) is 8.15. The van der Waals surface area contributed by atoms with E-state index in [1.807, 2.05) is 33.0 Å². The molecule has 5 aliphatic rings. The van der Waals surface area contributed by atoms with Gasteiger partial charge in [0.1, 0.15) is 12.1 Å². The molecule has 43 heavy (non-hydrogen) atoms. The van der Waals surface area contributed by atoms with Gasteiger partial charge in [0.25, 0.3) is 11.8 Å². The summed E-state index contributed by atoms with van der Waals surface area (Å²) in [5.74, 6) is -4.01. The van der Waals surface area contributed by atoms with Crippen molar-refractivity contribution in [3.8, 4) is 0 Å². The van der Waals surface area contributed by atoms with Crippen LogP contribution in [-0.4, -0.2) is 92.4 Å². The zero-order chi connectivity index (χ0) is 30.6. The van der Waals surface area contributed by atoms with E-state index in [0.717, 1.165) is 34.1 Å². The van der Waals surface area contributed by atoms with Crippen LogP contribution in [0.2, 0.25) is 0 Å². The highest BCUT2D eigenvalue weighted by Gasteiger charge is 2.72. The van der Waals surface area contributed by atoms with Crippen molar-refractivity contribution in [1.82, 2.24) is 25.0 Å². The third-order valence-electron chi connectivity index (χ3n) is 10.3. The first-order valence-electron chi connectivity index (χ1n) is 15.5. The Hall–Kier alpha value is -2.73. The Bertz CT molecular complexity index is 1570. The zero-order valence-electron chi connectivity index (χ0n) is 25.3. The lowest BCUT2D eigenvalue weighted by atomic mass is 9.79. The number of aliphatic hydroxyl groups is 1. The third-order valence-corrected chi connectivity index (χ3v) is 10.9. The van der Waals surface area contributed by atoms with Gasteiger partial charge in [0.15, 0.2) is 0 Å². The molecule has 1 aliphatic carbocycles. The van der Waals surface area contributed by atoms with Gasteiger partial charge in [0, 0.05) is 36.0 Å². The van der Waals surface area contributed by atoms with Crippen LogP contribution in [0.4, 0.5) is 0 Å². The molecule has 2 aromatic rings. The number of nitrogens with one attached hydrogen (secondary N) is 2. The normalized spacial score (nSPS) is 33.7. The number of carbonyl (C=O) groups is 3. The summed E-state index contributed by atoms with van der Waals surface area (Å²) in [4.78, 5) is 50.8. The summed E-state index contributed by atoms with van der Waals surface area (Å²) >= 11 is 3.70. The van der Waals surface area contributed by atoms with E-state index < -0.39 is 41.5 Å². The second-order valence-electron chi connectivity index (χ2n) is 13.7. The Morgan fingerprint density at radius 1 is 1.26 bits per heavy atom. The van der Waals surface area contributed by atoms with Crippen LogP contribution >= 0.6 is 15.9 Å². The summed E-state index contributed by atoms with van der Waals surface area (Å²) in [6, 6.07) is 4.76. The number of amides is 3. The number of hydrogen-bond acceptors (Lipinski definition) is 6. The van der Waals surface area contributed by atoms with Crippen molar-refractivity contribution in [2.45, 2.75) is 83.1 Å². The number of rotatable bonds is 5. The minimum absolute atomic E-state index is 0.104. The average molecular weight is 655 g/mol. The van der Waals surface area contributed by atoms with Gasteiger partial charge >= 0.3 is 0 Å². The lowest BCUT2D eigenvalue weighted by Crippen LogP contribution is -2.71. The standard InChI is InChI=1S/C32H40BrN5O5/c1-16(2)12-24-29(40)37-11-7-10-25(37)32(42)38(24)30(41)31(43-32,17(3)4)35-28(39)18-13-20-19-8-6-9-22-26(19)21(27(33)34-22)14-23(20)36(5)15-18/h6,8-9,13,16-18,23-25,34,42H,7,10-12,14-15H2,1-5H3,(H,35,39)/t18-,23+,24+,25?,31-,32+/m1/s1. The Balaban J connectivity index is 1.25. The second-order valence-corrected chi connectivity index (χ2v) is 14.5. The molecule has 0 saturated carbocycles. The molecule has 1 aromatic heterocycles. The summed E-state index contributed by atoms with van der Waals surface area (Å²) in [5, 5.41) is 16.3. The van der Waals surface area contributed by atoms with Gasteiger partial charge in [-0.05, 0) is 77.3 Å². The highest BCUT2D eigenvalue weighted by Crippen LogP contribution is 2.49. The number of carbonyl (C=O) groups excluding carboxylic acids is 3.